The number of benzene rings is 2. The van der Waals surface area contributed by atoms with E-state index in [0.717, 1.165) is 10.2 Å². The minimum atomic E-state index is -0.365. The van der Waals surface area contributed by atoms with Crippen LogP contribution >= 0.6 is 11.6 Å². The van der Waals surface area contributed by atoms with Gasteiger partial charge in [-0.15, -0.1) is 5.10 Å². The summed E-state index contributed by atoms with van der Waals surface area (Å²) >= 11 is 5.89. The molecule has 2 aromatic heterocycles. The van der Waals surface area contributed by atoms with Crippen LogP contribution in [0.4, 0.5) is 0 Å². The van der Waals surface area contributed by atoms with Gasteiger partial charge < -0.3 is 9.73 Å². The summed E-state index contributed by atoms with van der Waals surface area (Å²) in [5.41, 5.74) is 1.03. The minimum absolute atomic E-state index is 0.197. The standard InChI is InChI=1S/C20H15ClN4O3/c21-14-7-5-13(6-8-14)18-10-9-15(28-18)11-22-19(26)12-25-20(27)16-3-1-2-4-17(16)23-24-25/h1-10H,11-12H2,(H,22,26). The number of nitrogens with zero attached hydrogens (tertiary/aromatic N) is 3. The van der Waals surface area contributed by atoms with Crippen molar-refractivity contribution in [1.29, 1.82) is 0 Å². The molecule has 0 saturated heterocycles. The average molecular weight is 395 g/mol. The van der Waals surface area contributed by atoms with Crippen LogP contribution in [0.1, 0.15) is 5.76 Å². The van der Waals surface area contributed by atoms with Gasteiger partial charge in [-0.2, -0.15) is 0 Å². The molecule has 0 unspecified atom stereocenters. The minimum Gasteiger partial charge on any atom is -0.459 e. The third-order valence-electron chi connectivity index (χ3n) is 4.17. The zero-order chi connectivity index (χ0) is 19.5. The largest absolute Gasteiger partial charge is 0.459 e. The number of hydrogen-bond acceptors (Lipinski definition) is 5. The molecular formula is C20H15ClN4O3. The van der Waals surface area contributed by atoms with E-state index in [4.69, 9.17) is 16.0 Å². The highest BCUT2D eigenvalue weighted by molar-refractivity contribution is 6.30. The van der Waals surface area contributed by atoms with Crippen molar-refractivity contribution in [2.24, 2.45) is 0 Å². The third kappa shape index (κ3) is 3.79. The van der Waals surface area contributed by atoms with Gasteiger partial charge in [0.2, 0.25) is 5.91 Å². The molecule has 0 saturated carbocycles. The fourth-order valence-electron chi connectivity index (χ4n) is 2.75. The van der Waals surface area contributed by atoms with Gasteiger partial charge in [0, 0.05) is 10.6 Å². The SMILES string of the molecule is O=C(Cn1nnc2ccccc2c1=O)NCc1ccc(-c2ccc(Cl)cc2)o1. The van der Waals surface area contributed by atoms with Crippen LogP contribution in [-0.2, 0) is 17.9 Å². The first-order valence-corrected chi connectivity index (χ1v) is 8.92. The molecule has 8 heteroatoms. The van der Waals surface area contributed by atoms with Gasteiger partial charge in [0.15, 0.2) is 0 Å². The maximum absolute atomic E-state index is 12.4. The van der Waals surface area contributed by atoms with Crippen molar-refractivity contribution in [2.45, 2.75) is 13.1 Å². The first-order chi connectivity index (χ1) is 13.6. The lowest BCUT2D eigenvalue weighted by Crippen LogP contribution is -2.33. The summed E-state index contributed by atoms with van der Waals surface area (Å²) in [4.78, 5) is 24.6. The molecule has 140 valence electrons. The first kappa shape index (κ1) is 17.9. The number of hydrogen-bond donors (Lipinski definition) is 1. The Hall–Kier alpha value is -3.45. The van der Waals surface area contributed by atoms with Crippen molar-refractivity contribution in [1.82, 2.24) is 20.3 Å². The Morgan fingerprint density at radius 2 is 1.86 bits per heavy atom. The molecule has 0 aliphatic carbocycles. The molecule has 0 radical (unpaired) electrons. The van der Waals surface area contributed by atoms with Gasteiger partial charge in [0.1, 0.15) is 23.6 Å². The molecule has 2 aromatic carbocycles. The fourth-order valence-corrected chi connectivity index (χ4v) is 2.87. The van der Waals surface area contributed by atoms with Crippen LogP contribution < -0.4 is 10.9 Å². The van der Waals surface area contributed by atoms with Crippen LogP contribution in [0.5, 0.6) is 0 Å². The lowest BCUT2D eigenvalue weighted by molar-refractivity contribution is -0.122. The van der Waals surface area contributed by atoms with Gasteiger partial charge in [0.05, 0.1) is 11.9 Å². The summed E-state index contributed by atoms with van der Waals surface area (Å²) in [5, 5.41) is 11.6. The lowest BCUT2D eigenvalue weighted by Gasteiger charge is -2.05. The van der Waals surface area contributed by atoms with E-state index in [0.29, 0.717) is 27.4 Å². The molecular weight excluding hydrogens is 380 g/mol. The summed E-state index contributed by atoms with van der Waals surface area (Å²) in [6.07, 6.45) is 0. The monoisotopic (exact) mass is 394 g/mol. The lowest BCUT2D eigenvalue weighted by atomic mass is 10.2. The topological polar surface area (TPSA) is 90.0 Å². The maximum atomic E-state index is 12.4. The number of aromatic nitrogens is 3. The summed E-state index contributed by atoms with van der Waals surface area (Å²) in [7, 11) is 0. The molecule has 0 aliphatic heterocycles. The molecule has 2 heterocycles. The van der Waals surface area contributed by atoms with Crippen molar-refractivity contribution >= 4 is 28.4 Å². The third-order valence-corrected chi connectivity index (χ3v) is 4.42. The molecule has 0 bridgehead atoms. The van der Waals surface area contributed by atoms with Crippen molar-refractivity contribution < 1.29 is 9.21 Å². The van der Waals surface area contributed by atoms with Crippen LogP contribution in [-0.4, -0.2) is 20.9 Å². The predicted octanol–water partition coefficient (Wildman–Crippen LogP) is 3.02. The Labute approximate surface area is 164 Å². The van der Waals surface area contributed by atoms with Gasteiger partial charge in [-0.1, -0.05) is 28.9 Å². The van der Waals surface area contributed by atoms with E-state index >= 15 is 0 Å². The van der Waals surface area contributed by atoms with Crippen LogP contribution in [0.3, 0.4) is 0 Å². The van der Waals surface area contributed by atoms with Gasteiger partial charge in [-0.05, 0) is 48.5 Å². The summed E-state index contributed by atoms with van der Waals surface area (Å²) in [5.74, 6) is 0.906. The molecule has 7 nitrogen and oxygen atoms in total. The van der Waals surface area contributed by atoms with Crippen LogP contribution in [0, 0.1) is 0 Å². The second-order valence-corrected chi connectivity index (χ2v) is 6.56. The number of nitrogens with one attached hydrogen (secondary N) is 1. The van der Waals surface area contributed by atoms with Crippen molar-refractivity contribution in [3.05, 3.63) is 81.8 Å². The predicted molar refractivity (Wildman–Crippen MR) is 105 cm³/mol. The smallest absolute Gasteiger partial charge is 0.278 e. The number of halogens is 1. The molecule has 4 aromatic rings. The molecule has 1 amide bonds. The van der Waals surface area contributed by atoms with Crippen molar-refractivity contribution in [3.63, 3.8) is 0 Å². The van der Waals surface area contributed by atoms with Gasteiger partial charge in [-0.25, -0.2) is 4.68 Å². The molecule has 28 heavy (non-hydrogen) atoms. The summed E-state index contributed by atoms with van der Waals surface area (Å²) in [6.45, 7) is -0.0242. The Kier molecular flexibility index (Phi) is 4.90. The highest BCUT2D eigenvalue weighted by Crippen LogP contribution is 2.23. The van der Waals surface area contributed by atoms with E-state index < -0.39 is 0 Å². The second-order valence-electron chi connectivity index (χ2n) is 6.12. The van der Waals surface area contributed by atoms with Crippen LogP contribution in [0.15, 0.2) is 69.9 Å². The highest BCUT2D eigenvalue weighted by Gasteiger charge is 2.11. The summed E-state index contributed by atoms with van der Waals surface area (Å²) in [6, 6.07) is 17.7. The normalized spacial score (nSPS) is 10.9. The van der Waals surface area contributed by atoms with Crippen LogP contribution in [0.2, 0.25) is 5.02 Å². The fraction of sp³-hybridized carbons (Fsp3) is 0.100. The van der Waals surface area contributed by atoms with E-state index in [2.05, 4.69) is 15.6 Å². The number of carbonyl (C=O) groups is 1. The molecule has 0 spiro atoms. The summed E-state index contributed by atoms with van der Waals surface area (Å²) < 4.78 is 6.78. The molecule has 1 N–H and O–H groups in total. The highest BCUT2D eigenvalue weighted by atomic mass is 35.5. The Bertz CT molecular complexity index is 1200. The Morgan fingerprint density at radius 1 is 1.07 bits per heavy atom. The van der Waals surface area contributed by atoms with E-state index in [1.807, 2.05) is 18.2 Å². The first-order valence-electron chi connectivity index (χ1n) is 8.54. The van der Waals surface area contributed by atoms with E-state index in [-0.39, 0.29) is 24.6 Å². The van der Waals surface area contributed by atoms with Crippen molar-refractivity contribution in [2.75, 3.05) is 0 Å². The van der Waals surface area contributed by atoms with Gasteiger partial charge in [-0.3, -0.25) is 9.59 Å². The number of rotatable bonds is 5. The quantitative estimate of drug-likeness (QED) is 0.562. The van der Waals surface area contributed by atoms with E-state index in [1.54, 1.807) is 42.5 Å². The van der Waals surface area contributed by atoms with Gasteiger partial charge in [0.25, 0.3) is 5.56 Å². The maximum Gasteiger partial charge on any atom is 0.278 e. The molecule has 4 rings (SSSR count). The van der Waals surface area contributed by atoms with E-state index in [9.17, 15) is 9.59 Å². The molecule has 0 fully saturated rings. The number of furan rings is 1. The van der Waals surface area contributed by atoms with Crippen molar-refractivity contribution in [3.8, 4) is 11.3 Å². The van der Waals surface area contributed by atoms with E-state index in [1.165, 1.54) is 0 Å². The zero-order valence-corrected chi connectivity index (χ0v) is 15.4. The zero-order valence-electron chi connectivity index (χ0n) is 14.6. The molecule has 0 atom stereocenters. The Balaban J connectivity index is 1.41. The van der Waals surface area contributed by atoms with Crippen LogP contribution in [0.25, 0.3) is 22.2 Å². The number of carbonyl (C=O) groups excluding carboxylic acids is 1. The average Bonchev–Trinajstić information content (AvgIpc) is 3.18. The van der Waals surface area contributed by atoms with Gasteiger partial charge >= 0.3 is 0 Å². The second kappa shape index (κ2) is 7.66. The number of amides is 1. The number of fused-ring (bicyclic) bond motifs is 1. The molecule has 0 aliphatic rings. The Morgan fingerprint density at radius 3 is 2.68 bits per heavy atom.